The van der Waals surface area contributed by atoms with Crippen molar-refractivity contribution in [3.05, 3.63) is 54.1 Å². The SMILES string of the molecule is CCOc1ccccc1OS(=O)(=O)c1cccc(C(=O)O[C@H](C)C(N)=O)c1. The van der Waals surface area contributed by atoms with E-state index in [0.29, 0.717) is 6.61 Å². The van der Waals surface area contributed by atoms with Gasteiger partial charge in [0, 0.05) is 0 Å². The normalized spacial score (nSPS) is 12.1. The number of benzene rings is 2. The lowest BCUT2D eigenvalue weighted by Gasteiger charge is -2.12. The molecule has 0 aliphatic carbocycles. The molecule has 144 valence electrons. The molecule has 0 spiro atoms. The average Bonchev–Trinajstić information content (AvgIpc) is 2.63. The fourth-order valence-electron chi connectivity index (χ4n) is 2.03. The van der Waals surface area contributed by atoms with Crippen LogP contribution in [-0.4, -0.2) is 33.0 Å². The Kier molecular flexibility index (Phi) is 6.40. The zero-order chi connectivity index (χ0) is 20.0. The summed E-state index contributed by atoms with van der Waals surface area (Å²) in [5.41, 5.74) is 4.98. The van der Waals surface area contributed by atoms with Crippen LogP contribution in [0.4, 0.5) is 0 Å². The Morgan fingerprint density at radius 2 is 1.74 bits per heavy atom. The van der Waals surface area contributed by atoms with E-state index in [0.717, 1.165) is 6.07 Å². The lowest BCUT2D eigenvalue weighted by molar-refractivity contribution is -0.125. The lowest BCUT2D eigenvalue weighted by Crippen LogP contribution is -2.30. The van der Waals surface area contributed by atoms with Gasteiger partial charge in [0.2, 0.25) is 0 Å². The molecule has 0 aliphatic heterocycles. The monoisotopic (exact) mass is 393 g/mol. The van der Waals surface area contributed by atoms with E-state index in [1.165, 1.54) is 31.2 Å². The minimum absolute atomic E-state index is 0.0229. The molecular formula is C18H19NO7S. The van der Waals surface area contributed by atoms with Crippen molar-refractivity contribution in [3.63, 3.8) is 0 Å². The highest BCUT2D eigenvalue weighted by molar-refractivity contribution is 7.87. The first-order valence-electron chi connectivity index (χ1n) is 8.01. The molecule has 27 heavy (non-hydrogen) atoms. The summed E-state index contributed by atoms with van der Waals surface area (Å²) in [4.78, 5) is 22.8. The number of hydrogen-bond acceptors (Lipinski definition) is 7. The Bertz CT molecular complexity index is 940. The van der Waals surface area contributed by atoms with Crippen LogP contribution in [0.5, 0.6) is 11.5 Å². The fourth-order valence-corrected chi connectivity index (χ4v) is 3.01. The van der Waals surface area contributed by atoms with Crippen molar-refractivity contribution < 1.29 is 31.7 Å². The van der Waals surface area contributed by atoms with Gasteiger partial charge in [0.05, 0.1) is 12.2 Å². The average molecular weight is 393 g/mol. The molecule has 0 fully saturated rings. The molecule has 0 unspecified atom stereocenters. The number of carbonyl (C=O) groups is 2. The summed E-state index contributed by atoms with van der Waals surface area (Å²) in [6, 6.07) is 11.4. The van der Waals surface area contributed by atoms with E-state index >= 15 is 0 Å². The molecular weight excluding hydrogens is 374 g/mol. The van der Waals surface area contributed by atoms with E-state index in [1.807, 2.05) is 0 Å². The number of esters is 1. The highest BCUT2D eigenvalue weighted by Crippen LogP contribution is 2.29. The van der Waals surface area contributed by atoms with Crippen LogP contribution in [0.3, 0.4) is 0 Å². The molecule has 9 heteroatoms. The number of primary amides is 1. The molecule has 1 atom stereocenters. The third kappa shape index (κ3) is 5.20. The van der Waals surface area contributed by atoms with Gasteiger partial charge in [0.25, 0.3) is 5.91 Å². The van der Waals surface area contributed by atoms with Gasteiger partial charge in [-0.05, 0) is 44.2 Å². The summed E-state index contributed by atoms with van der Waals surface area (Å²) in [5.74, 6) is -1.40. The number of nitrogens with two attached hydrogens (primary N) is 1. The van der Waals surface area contributed by atoms with E-state index in [4.69, 9.17) is 19.4 Å². The molecule has 2 aromatic carbocycles. The first-order chi connectivity index (χ1) is 12.7. The Morgan fingerprint density at radius 1 is 1.07 bits per heavy atom. The van der Waals surface area contributed by atoms with Crippen LogP contribution in [0.2, 0.25) is 0 Å². The van der Waals surface area contributed by atoms with E-state index in [1.54, 1.807) is 25.1 Å². The minimum atomic E-state index is -4.23. The van der Waals surface area contributed by atoms with E-state index in [9.17, 15) is 18.0 Å². The van der Waals surface area contributed by atoms with Crippen molar-refractivity contribution in [2.24, 2.45) is 5.73 Å². The number of carbonyl (C=O) groups excluding carboxylic acids is 2. The number of para-hydroxylation sites is 2. The summed E-state index contributed by atoms with van der Waals surface area (Å²) in [7, 11) is -4.23. The van der Waals surface area contributed by atoms with Gasteiger partial charge < -0.3 is 19.4 Å². The van der Waals surface area contributed by atoms with Crippen LogP contribution >= 0.6 is 0 Å². The topological polar surface area (TPSA) is 122 Å². The van der Waals surface area contributed by atoms with E-state index in [-0.39, 0.29) is 22.0 Å². The smallest absolute Gasteiger partial charge is 0.339 e. The number of hydrogen-bond donors (Lipinski definition) is 1. The van der Waals surface area contributed by atoms with Crippen molar-refractivity contribution in [2.75, 3.05) is 6.61 Å². The van der Waals surface area contributed by atoms with Crippen molar-refractivity contribution in [3.8, 4) is 11.5 Å². The maximum Gasteiger partial charge on any atom is 0.339 e. The second-order valence-corrected chi connectivity index (χ2v) is 6.94. The Balaban J connectivity index is 2.27. The van der Waals surface area contributed by atoms with Crippen LogP contribution in [-0.2, 0) is 19.6 Å². The largest absolute Gasteiger partial charge is 0.490 e. The molecule has 2 N–H and O–H groups in total. The molecule has 0 aromatic heterocycles. The Labute approximate surface area is 157 Å². The molecule has 0 saturated carbocycles. The predicted octanol–water partition coefficient (Wildman–Crippen LogP) is 1.88. The third-order valence-corrected chi connectivity index (χ3v) is 4.62. The summed E-state index contributed by atoms with van der Waals surface area (Å²) in [5, 5.41) is 0. The maximum absolute atomic E-state index is 12.6. The van der Waals surface area contributed by atoms with Crippen LogP contribution in [0.1, 0.15) is 24.2 Å². The molecule has 8 nitrogen and oxygen atoms in total. The number of amides is 1. The molecule has 0 saturated heterocycles. The minimum Gasteiger partial charge on any atom is -0.490 e. The van der Waals surface area contributed by atoms with Crippen LogP contribution in [0, 0.1) is 0 Å². The summed E-state index contributed by atoms with van der Waals surface area (Å²) in [6.07, 6.45) is -1.15. The third-order valence-electron chi connectivity index (χ3n) is 3.39. The van der Waals surface area contributed by atoms with Gasteiger partial charge in [-0.25, -0.2) is 4.79 Å². The van der Waals surface area contributed by atoms with Gasteiger partial charge in [-0.1, -0.05) is 18.2 Å². The number of rotatable bonds is 8. The quantitative estimate of drug-likeness (QED) is 0.537. The van der Waals surface area contributed by atoms with Crippen LogP contribution < -0.4 is 14.7 Å². The van der Waals surface area contributed by atoms with Crippen molar-refractivity contribution >= 4 is 22.0 Å². The fraction of sp³-hybridized carbons (Fsp3) is 0.222. The van der Waals surface area contributed by atoms with Crippen molar-refractivity contribution in [2.45, 2.75) is 24.8 Å². The summed E-state index contributed by atoms with van der Waals surface area (Å²) < 4.78 is 40.5. The number of ether oxygens (including phenoxy) is 2. The van der Waals surface area contributed by atoms with Gasteiger partial charge in [0.1, 0.15) is 4.90 Å². The van der Waals surface area contributed by atoms with Gasteiger partial charge in [-0.3, -0.25) is 4.79 Å². The second-order valence-electron chi connectivity index (χ2n) is 5.39. The van der Waals surface area contributed by atoms with Gasteiger partial charge in [-0.15, -0.1) is 0 Å². The Morgan fingerprint density at radius 3 is 2.37 bits per heavy atom. The maximum atomic E-state index is 12.6. The molecule has 2 aromatic rings. The Hall–Kier alpha value is -3.07. The zero-order valence-corrected chi connectivity index (χ0v) is 15.6. The summed E-state index contributed by atoms with van der Waals surface area (Å²) in [6.45, 7) is 3.40. The molecule has 0 radical (unpaired) electrons. The predicted molar refractivity (Wildman–Crippen MR) is 95.9 cm³/mol. The first-order valence-corrected chi connectivity index (χ1v) is 9.42. The van der Waals surface area contributed by atoms with Crippen LogP contribution in [0.25, 0.3) is 0 Å². The second kappa shape index (κ2) is 8.54. The van der Waals surface area contributed by atoms with Gasteiger partial charge >= 0.3 is 16.1 Å². The van der Waals surface area contributed by atoms with E-state index in [2.05, 4.69) is 0 Å². The molecule has 0 aliphatic rings. The molecule has 1 amide bonds. The highest BCUT2D eigenvalue weighted by atomic mass is 32.2. The first kappa shape index (κ1) is 20.2. The highest BCUT2D eigenvalue weighted by Gasteiger charge is 2.22. The zero-order valence-electron chi connectivity index (χ0n) is 14.7. The van der Waals surface area contributed by atoms with Crippen LogP contribution in [0.15, 0.2) is 53.4 Å². The molecule has 0 bridgehead atoms. The molecule has 2 rings (SSSR count). The molecule has 0 heterocycles. The van der Waals surface area contributed by atoms with Gasteiger partial charge in [0.15, 0.2) is 17.6 Å². The summed E-state index contributed by atoms with van der Waals surface area (Å²) >= 11 is 0. The van der Waals surface area contributed by atoms with Gasteiger partial charge in [-0.2, -0.15) is 8.42 Å². The lowest BCUT2D eigenvalue weighted by atomic mass is 10.2. The van der Waals surface area contributed by atoms with E-state index < -0.39 is 28.1 Å². The van der Waals surface area contributed by atoms with Crippen molar-refractivity contribution in [1.82, 2.24) is 0 Å². The van der Waals surface area contributed by atoms with Crippen molar-refractivity contribution in [1.29, 1.82) is 0 Å². The standard InChI is InChI=1S/C18H19NO7S/c1-3-24-15-9-4-5-10-16(15)26-27(22,23)14-8-6-7-13(11-14)18(21)25-12(2)17(19)20/h4-12H,3H2,1-2H3,(H2,19,20)/t12-/m1/s1.